The van der Waals surface area contributed by atoms with E-state index < -0.39 is 35.4 Å². The van der Waals surface area contributed by atoms with Crippen LogP contribution in [0.25, 0.3) is 22.1 Å². The molecule has 4 rings (SSSR count). The Kier molecular flexibility index (Phi) is 7.24. The molecule has 0 radical (unpaired) electrons. The zero-order chi connectivity index (χ0) is 26.7. The van der Waals surface area contributed by atoms with Crippen LogP contribution in [-0.2, 0) is 17.4 Å². The lowest BCUT2D eigenvalue weighted by Gasteiger charge is -2.16. The van der Waals surface area contributed by atoms with E-state index in [1.54, 1.807) is 37.3 Å². The predicted octanol–water partition coefficient (Wildman–Crippen LogP) is 6.38. The molecule has 1 N–H and O–H groups in total. The Morgan fingerprint density at radius 1 is 1.03 bits per heavy atom. The molecule has 0 saturated heterocycles. The SMILES string of the molecule is CCc1cc2c(=O)c(-c3ccccc3)c(C(F)(F)F)oc2cc1OCC(=O)Nc1cc(C)ccc1OC. The van der Waals surface area contributed by atoms with Crippen LogP contribution in [0.2, 0.25) is 0 Å². The third kappa shape index (κ3) is 5.45. The number of rotatable bonds is 7. The van der Waals surface area contributed by atoms with Gasteiger partial charge in [0.15, 0.2) is 6.61 Å². The molecular formula is C28H24F3NO5. The van der Waals surface area contributed by atoms with Crippen molar-refractivity contribution < 1.29 is 31.9 Å². The number of ether oxygens (including phenoxy) is 2. The van der Waals surface area contributed by atoms with Crippen molar-refractivity contribution >= 4 is 22.6 Å². The van der Waals surface area contributed by atoms with E-state index in [4.69, 9.17) is 13.9 Å². The van der Waals surface area contributed by atoms with E-state index in [1.165, 1.54) is 31.4 Å². The maximum atomic E-state index is 13.9. The van der Waals surface area contributed by atoms with E-state index in [9.17, 15) is 22.8 Å². The lowest BCUT2D eigenvalue weighted by Crippen LogP contribution is -2.21. The van der Waals surface area contributed by atoms with Gasteiger partial charge in [-0.1, -0.05) is 43.3 Å². The van der Waals surface area contributed by atoms with Gasteiger partial charge in [0.1, 0.15) is 17.1 Å². The Balaban J connectivity index is 1.70. The van der Waals surface area contributed by atoms with Crippen LogP contribution < -0.4 is 20.2 Å². The second kappa shape index (κ2) is 10.4. The summed E-state index contributed by atoms with van der Waals surface area (Å²) in [5, 5.41) is 2.69. The van der Waals surface area contributed by atoms with Crippen LogP contribution in [0.15, 0.2) is 69.9 Å². The third-order valence-corrected chi connectivity index (χ3v) is 5.76. The fourth-order valence-electron chi connectivity index (χ4n) is 3.99. The van der Waals surface area contributed by atoms with Crippen LogP contribution in [0.5, 0.6) is 11.5 Å². The maximum absolute atomic E-state index is 13.9. The van der Waals surface area contributed by atoms with Crippen molar-refractivity contribution in [1.82, 2.24) is 0 Å². The normalized spacial score (nSPS) is 11.4. The molecular weight excluding hydrogens is 487 g/mol. The van der Waals surface area contributed by atoms with Crippen LogP contribution in [0.1, 0.15) is 23.8 Å². The Labute approximate surface area is 210 Å². The van der Waals surface area contributed by atoms with Gasteiger partial charge in [-0.25, -0.2) is 0 Å². The molecule has 192 valence electrons. The van der Waals surface area contributed by atoms with E-state index in [2.05, 4.69) is 5.32 Å². The maximum Gasteiger partial charge on any atom is 0.450 e. The number of hydrogen-bond acceptors (Lipinski definition) is 5. The fourth-order valence-corrected chi connectivity index (χ4v) is 3.99. The number of amides is 1. The minimum Gasteiger partial charge on any atom is -0.495 e. The van der Waals surface area contributed by atoms with Crippen molar-refractivity contribution in [3.05, 3.63) is 87.8 Å². The molecule has 1 amide bonds. The Morgan fingerprint density at radius 3 is 2.41 bits per heavy atom. The van der Waals surface area contributed by atoms with Crippen molar-refractivity contribution in [2.75, 3.05) is 19.0 Å². The highest BCUT2D eigenvalue weighted by Crippen LogP contribution is 2.38. The summed E-state index contributed by atoms with van der Waals surface area (Å²) in [6.45, 7) is 3.24. The molecule has 0 spiro atoms. The van der Waals surface area contributed by atoms with Crippen molar-refractivity contribution in [1.29, 1.82) is 0 Å². The summed E-state index contributed by atoms with van der Waals surface area (Å²) in [6.07, 6.45) is -4.50. The molecule has 0 bridgehead atoms. The van der Waals surface area contributed by atoms with Gasteiger partial charge in [-0.05, 0) is 48.2 Å². The first-order valence-electron chi connectivity index (χ1n) is 11.5. The molecule has 9 heteroatoms. The minimum atomic E-state index is -4.91. The minimum absolute atomic E-state index is 0.00926. The quantitative estimate of drug-likeness (QED) is 0.312. The first-order valence-corrected chi connectivity index (χ1v) is 11.5. The molecule has 0 fully saturated rings. The van der Waals surface area contributed by atoms with Gasteiger partial charge in [-0.15, -0.1) is 0 Å². The Hall–Kier alpha value is -4.27. The van der Waals surface area contributed by atoms with E-state index in [-0.39, 0.29) is 22.3 Å². The molecule has 0 aliphatic rings. The molecule has 0 saturated carbocycles. The van der Waals surface area contributed by atoms with Gasteiger partial charge >= 0.3 is 6.18 Å². The summed E-state index contributed by atoms with van der Waals surface area (Å²) in [5.74, 6) is -1.28. The molecule has 3 aromatic carbocycles. The highest BCUT2D eigenvalue weighted by atomic mass is 19.4. The van der Waals surface area contributed by atoms with Crippen molar-refractivity contribution in [2.24, 2.45) is 0 Å². The summed E-state index contributed by atoms with van der Waals surface area (Å²) in [7, 11) is 1.48. The van der Waals surface area contributed by atoms with Gasteiger partial charge in [-0.2, -0.15) is 13.2 Å². The summed E-state index contributed by atoms with van der Waals surface area (Å²) in [5.41, 5.74) is 0.370. The molecule has 37 heavy (non-hydrogen) atoms. The van der Waals surface area contributed by atoms with Crippen molar-refractivity contribution in [3.8, 4) is 22.6 Å². The summed E-state index contributed by atoms with van der Waals surface area (Å²) >= 11 is 0. The van der Waals surface area contributed by atoms with E-state index in [0.29, 0.717) is 23.4 Å². The number of alkyl halides is 3. The average Bonchev–Trinajstić information content (AvgIpc) is 2.87. The summed E-state index contributed by atoms with van der Waals surface area (Å²) in [4.78, 5) is 25.8. The number of benzene rings is 3. The number of carbonyl (C=O) groups is 1. The second-order valence-electron chi connectivity index (χ2n) is 8.35. The smallest absolute Gasteiger partial charge is 0.450 e. The number of carbonyl (C=O) groups excluding carboxylic acids is 1. The van der Waals surface area contributed by atoms with E-state index >= 15 is 0 Å². The lowest BCUT2D eigenvalue weighted by atomic mass is 10.00. The zero-order valence-electron chi connectivity index (χ0n) is 20.4. The van der Waals surface area contributed by atoms with Gasteiger partial charge in [-0.3, -0.25) is 9.59 Å². The number of aryl methyl sites for hydroxylation is 2. The molecule has 1 heterocycles. The van der Waals surface area contributed by atoms with Gasteiger partial charge in [0.2, 0.25) is 11.2 Å². The molecule has 0 atom stereocenters. The van der Waals surface area contributed by atoms with Crippen molar-refractivity contribution in [3.63, 3.8) is 0 Å². The first-order chi connectivity index (χ1) is 17.6. The lowest BCUT2D eigenvalue weighted by molar-refractivity contribution is -0.152. The largest absolute Gasteiger partial charge is 0.495 e. The highest BCUT2D eigenvalue weighted by Gasteiger charge is 2.39. The van der Waals surface area contributed by atoms with Crippen LogP contribution in [0.3, 0.4) is 0 Å². The zero-order valence-corrected chi connectivity index (χ0v) is 20.4. The molecule has 1 aromatic heterocycles. The standard InChI is InChI=1S/C28H24F3NO5/c1-4-17-13-19-23(37-27(28(29,30)31)25(26(19)34)18-8-6-5-7-9-18)14-22(17)36-15-24(33)32-20-12-16(2)10-11-21(20)35-3/h5-14H,4,15H2,1-3H3,(H,32,33). The van der Waals surface area contributed by atoms with Crippen molar-refractivity contribution in [2.45, 2.75) is 26.4 Å². The molecule has 6 nitrogen and oxygen atoms in total. The van der Waals surface area contributed by atoms with Crippen LogP contribution in [0.4, 0.5) is 18.9 Å². The molecule has 4 aromatic rings. The Bertz CT molecular complexity index is 1510. The van der Waals surface area contributed by atoms with Gasteiger partial charge < -0.3 is 19.2 Å². The predicted molar refractivity (Wildman–Crippen MR) is 134 cm³/mol. The van der Waals surface area contributed by atoms with Gasteiger partial charge in [0.25, 0.3) is 5.91 Å². The van der Waals surface area contributed by atoms with Crippen LogP contribution in [-0.4, -0.2) is 19.6 Å². The molecule has 0 aliphatic carbocycles. The third-order valence-electron chi connectivity index (χ3n) is 5.76. The number of fused-ring (bicyclic) bond motifs is 1. The highest BCUT2D eigenvalue weighted by molar-refractivity contribution is 5.93. The molecule has 0 unspecified atom stereocenters. The number of halogens is 3. The topological polar surface area (TPSA) is 77.8 Å². The van der Waals surface area contributed by atoms with Gasteiger partial charge in [0.05, 0.1) is 23.7 Å². The summed E-state index contributed by atoms with van der Waals surface area (Å²) < 4.78 is 57.9. The van der Waals surface area contributed by atoms with Crippen LogP contribution >= 0.6 is 0 Å². The molecule has 0 aliphatic heterocycles. The monoisotopic (exact) mass is 511 g/mol. The van der Waals surface area contributed by atoms with Gasteiger partial charge in [0, 0.05) is 6.07 Å². The number of anilines is 1. The van der Waals surface area contributed by atoms with Crippen LogP contribution in [0, 0.1) is 6.92 Å². The average molecular weight is 511 g/mol. The van der Waals surface area contributed by atoms with E-state index in [1.807, 2.05) is 13.0 Å². The first kappa shape index (κ1) is 25.8. The fraction of sp³-hybridized carbons (Fsp3) is 0.214. The number of hydrogen-bond donors (Lipinski definition) is 1. The van der Waals surface area contributed by atoms with E-state index in [0.717, 1.165) is 5.56 Å². The Morgan fingerprint density at radius 2 is 1.76 bits per heavy atom. The second-order valence-corrected chi connectivity index (χ2v) is 8.35. The number of nitrogens with one attached hydrogen (secondary N) is 1. The summed E-state index contributed by atoms with van der Waals surface area (Å²) in [6, 6.07) is 15.5. The number of methoxy groups -OCH3 is 1.